The van der Waals surface area contributed by atoms with Crippen molar-refractivity contribution in [3.8, 4) is 0 Å². The van der Waals surface area contributed by atoms with Crippen molar-refractivity contribution in [1.29, 1.82) is 0 Å². The van der Waals surface area contributed by atoms with Crippen LogP contribution < -0.4 is 0 Å². The number of fused-ring (bicyclic) bond motifs is 1. The second-order valence-corrected chi connectivity index (χ2v) is 6.74. The molecular formula is C16H27N3O2. The van der Waals surface area contributed by atoms with Gasteiger partial charge in [0, 0.05) is 19.1 Å². The maximum absolute atomic E-state index is 12.6. The number of nitrogens with zero attached hydrogens (tertiary/aromatic N) is 3. The molecule has 3 heterocycles. The Labute approximate surface area is 127 Å². The summed E-state index contributed by atoms with van der Waals surface area (Å²) in [5, 5.41) is 0. The lowest BCUT2D eigenvalue weighted by Gasteiger charge is -2.42. The number of hydrogen-bond acceptors (Lipinski definition) is 3. The van der Waals surface area contributed by atoms with Crippen LogP contribution in [-0.2, 0) is 9.59 Å². The Balaban J connectivity index is 1.62. The normalized spacial score (nSPS) is 31.2. The number of likely N-dealkylation sites (tertiary alicyclic amines) is 1. The van der Waals surface area contributed by atoms with E-state index in [0.29, 0.717) is 6.54 Å². The molecule has 0 spiro atoms. The second-order valence-electron chi connectivity index (χ2n) is 6.74. The van der Waals surface area contributed by atoms with Crippen LogP contribution in [0.25, 0.3) is 0 Å². The number of rotatable bonds is 2. The molecule has 3 aliphatic heterocycles. The van der Waals surface area contributed by atoms with Crippen molar-refractivity contribution in [2.24, 2.45) is 0 Å². The molecule has 5 nitrogen and oxygen atoms in total. The summed E-state index contributed by atoms with van der Waals surface area (Å²) in [6, 6.07) is -0.0133. The van der Waals surface area contributed by atoms with Gasteiger partial charge in [0.05, 0.1) is 6.54 Å². The monoisotopic (exact) mass is 293 g/mol. The Kier molecular flexibility index (Phi) is 4.48. The summed E-state index contributed by atoms with van der Waals surface area (Å²) in [6.07, 6.45) is 7.07. The van der Waals surface area contributed by atoms with Crippen molar-refractivity contribution in [2.75, 3.05) is 32.7 Å². The maximum Gasteiger partial charge on any atom is 0.245 e. The standard InChI is InChI=1S/C16H27N3O2/c1-13-16(21)18-10-6-7-14(18)11-19(13)15(20)12-17-8-4-2-3-5-9-17/h13-14H,2-12H2,1H3/t13-,14-/m1/s1. The van der Waals surface area contributed by atoms with E-state index < -0.39 is 0 Å². The van der Waals surface area contributed by atoms with Gasteiger partial charge in [-0.15, -0.1) is 0 Å². The highest BCUT2D eigenvalue weighted by Crippen LogP contribution is 2.25. The Hall–Kier alpha value is -1.10. The molecule has 0 aromatic heterocycles. The molecule has 3 saturated heterocycles. The van der Waals surface area contributed by atoms with Gasteiger partial charge in [0.1, 0.15) is 6.04 Å². The molecule has 0 unspecified atom stereocenters. The van der Waals surface area contributed by atoms with Crippen LogP contribution in [-0.4, -0.2) is 71.3 Å². The van der Waals surface area contributed by atoms with Gasteiger partial charge in [-0.2, -0.15) is 0 Å². The zero-order valence-electron chi connectivity index (χ0n) is 13.1. The molecule has 118 valence electrons. The zero-order chi connectivity index (χ0) is 14.8. The minimum Gasteiger partial charge on any atom is -0.336 e. The summed E-state index contributed by atoms with van der Waals surface area (Å²) in [6.45, 7) is 6.04. The highest BCUT2D eigenvalue weighted by atomic mass is 16.2. The average molecular weight is 293 g/mol. The summed E-state index contributed by atoms with van der Waals surface area (Å²) < 4.78 is 0. The van der Waals surface area contributed by atoms with E-state index in [2.05, 4.69) is 4.90 Å². The van der Waals surface area contributed by atoms with Gasteiger partial charge in [-0.3, -0.25) is 14.5 Å². The van der Waals surface area contributed by atoms with Crippen molar-refractivity contribution >= 4 is 11.8 Å². The number of carbonyl (C=O) groups is 2. The first-order valence-corrected chi connectivity index (χ1v) is 8.49. The van der Waals surface area contributed by atoms with Crippen molar-refractivity contribution in [2.45, 2.75) is 57.5 Å². The fourth-order valence-corrected chi connectivity index (χ4v) is 3.97. The van der Waals surface area contributed by atoms with Gasteiger partial charge in [-0.25, -0.2) is 0 Å². The minimum atomic E-state index is -0.279. The van der Waals surface area contributed by atoms with Crippen LogP contribution in [0.2, 0.25) is 0 Å². The first kappa shape index (κ1) is 14.8. The van der Waals surface area contributed by atoms with Gasteiger partial charge in [-0.1, -0.05) is 12.8 Å². The number of carbonyl (C=O) groups excluding carboxylic acids is 2. The van der Waals surface area contributed by atoms with E-state index in [-0.39, 0.29) is 23.9 Å². The molecule has 0 radical (unpaired) electrons. The zero-order valence-corrected chi connectivity index (χ0v) is 13.1. The third kappa shape index (κ3) is 3.07. The molecule has 0 aromatic rings. The van der Waals surface area contributed by atoms with Crippen LogP contribution in [0.5, 0.6) is 0 Å². The van der Waals surface area contributed by atoms with Gasteiger partial charge in [0.15, 0.2) is 0 Å². The molecule has 3 rings (SSSR count). The quantitative estimate of drug-likeness (QED) is 0.765. The average Bonchev–Trinajstić information content (AvgIpc) is 2.80. The Morgan fingerprint density at radius 2 is 1.81 bits per heavy atom. The van der Waals surface area contributed by atoms with Crippen LogP contribution in [0.4, 0.5) is 0 Å². The molecule has 21 heavy (non-hydrogen) atoms. The molecule has 0 saturated carbocycles. The van der Waals surface area contributed by atoms with Gasteiger partial charge in [0.25, 0.3) is 0 Å². The van der Waals surface area contributed by atoms with E-state index in [4.69, 9.17) is 0 Å². The molecular weight excluding hydrogens is 266 g/mol. The second kappa shape index (κ2) is 6.34. The van der Waals surface area contributed by atoms with E-state index in [9.17, 15) is 9.59 Å². The van der Waals surface area contributed by atoms with Crippen LogP contribution in [0.3, 0.4) is 0 Å². The SMILES string of the molecule is C[C@@H]1C(=O)N2CCC[C@@H]2CN1C(=O)CN1CCCCCC1. The predicted octanol–water partition coefficient (Wildman–Crippen LogP) is 1.08. The molecule has 2 amide bonds. The molecule has 0 bridgehead atoms. The topological polar surface area (TPSA) is 43.9 Å². The lowest BCUT2D eigenvalue weighted by atomic mass is 10.1. The van der Waals surface area contributed by atoms with Crippen molar-refractivity contribution in [3.63, 3.8) is 0 Å². The highest BCUT2D eigenvalue weighted by Gasteiger charge is 2.42. The van der Waals surface area contributed by atoms with E-state index in [1.54, 1.807) is 0 Å². The highest BCUT2D eigenvalue weighted by molar-refractivity contribution is 5.89. The predicted molar refractivity (Wildman–Crippen MR) is 80.8 cm³/mol. The Morgan fingerprint density at radius 3 is 2.52 bits per heavy atom. The molecule has 5 heteroatoms. The Bertz CT molecular complexity index is 404. The summed E-state index contributed by atoms with van der Waals surface area (Å²) in [7, 11) is 0. The van der Waals surface area contributed by atoms with E-state index in [1.807, 2.05) is 16.7 Å². The van der Waals surface area contributed by atoms with Crippen LogP contribution in [0.15, 0.2) is 0 Å². The lowest BCUT2D eigenvalue weighted by molar-refractivity contribution is -0.153. The van der Waals surface area contributed by atoms with Gasteiger partial charge < -0.3 is 9.80 Å². The lowest BCUT2D eigenvalue weighted by Crippen LogP contribution is -2.61. The number of amides is 2. The van der Waals surface area contributed by atoms with Crippen molar-refractivity contribution in [3.05, 3.63) is 0 Å². The number of piperazine rings is 1. The molecule has 2 atom stereocenters. The summed E-state index contributed by atoms with van der Waals surface area (Å²) in [5.41, 5.74) is 0. The molecule has 0 aliphatic carbocycles. The first-order chi connectivity index (χ1) is 10.2. The van der Waals surface area contributed by atoms with E-state index in [0.717, 1.165) is 39.0 Å². The van der Waals surface area contributed by atoms with Gasteiger partial charge >= 0.3 is 0 Å². The van der Waals surface area contributed by atoms with Crippen molar-refractivity contribution < 1.29 is 9.59 Å². The van der Waals surface area contributed by atoms with E-state index in [1.165, 1.54) is 25.7 Å². The third-order valence-corrected chi connectivity index (χ3v) is 5.27. The van der Waals surface area contributed by atoms with Gasteiger partial charge in [-0.05, 0) is 45.7 Å². The minimum absolute atomic E-state index is 0.143. The summed E-state index contributed by atoms with van der Waals surface area (Å²) in [5.74, 6) is 0.289. The summed E-state index contributed by atoms with van der Waals surface area (Å²) in [4.78, 5) is 31.1. The summed E-state index contributed by atoms with van der Waals surface area (Å²) >= 11 is 0. The fraction of sp³-hybridized carbons (Fsp3) is 0.875. The molecule has 3 fully saturated rings. The fourth-order valence-electron chi connectivity index (χ4n) is 3.97. The van der Waals surface area contributed by atoms with Gasteiger partial charge in [0.2, 0.25) is 11.8 Å². The van der Waals surface area contributed by atoms with Crippen molar-refractivity contribution in [1.82, 2.24) is 14.7 Å². The van der Waals surface area contributed by atoms with Crippen LogP contribution in [0.1, 0.15) is 45.4 Å². The largest absolute Gasteiger partial charge is 0.336 e. The maximum atomic E-state index is 12.6. The third-order valence-electron chi connectivity index (χ3n) is 5.27. The van der Waals surface area contributed by atoms with Crippen LogP contribution in [0, 0.1) is 0 Å². The smallest absolute Gasteiger partial charge is 0.245 e. The Morgan fingerprint density at radius 1 is 1.10 bits per heavy atom. The number of hydrogen-bond donors (Lipinski definition) is 0. The van der Waals surface area contributed by atoms with Crippen LogP contribution >= 0.6 is 0 Å². The van der Waals surface area contributed by atoms with E-state index >= 15 is 0 Å². The molecule has 0 aromatic carbocycles. The first-order valence-electron chi connectivity index (χ1n) is 8.49. The molecule has 3 aliphatic rings. The molecule has 0 N–H and O–H groups in total.